The van der Waals surface area contributed by atoms with Gasteiger partial charge in [-0.15, -0.1) is 11.3 Å². The number of nitrogens with one attached hydrogen (secondary N) is 1. The van der Waals surface area contributed by atoms with Crippen molar-refractivity contribution in [2.75, 3.05) is 18.5 Å². The van der Waals surface area contributed by atoms with Crippen LogP contribution in [0.15, 0.2) is 47.8 Å². The summed E-state index contributed by atoms with van der Waals surface area (Å²) < 4.78 is 38.0. The summed E-state index contributed by atoms with van der Waals surface area (Å²) in [6.45, 7) is 2.09. The van der Waals surface area contributed by atoms with Gasteiger partial charge in [0.05, 0.1) is 12.3 Å². The molecule has 140 valence electrons. The van der Waals surface area contributed by atoms with Gasteiger partial charge in [0.2, 0.25) is 0 Å². The molecule has 1 amide bonds. The van der Waals surface area contributed by atoms with Crippen molar-refractivity contribution in [3.8, 4) is 22.8 Å². The smallest absolute Gasteiger partial charge is 0.264 e. The second kappa shape index (κ2) is 8.59. The van der Waals surface area contributed by atoms with Gasteiger partial charge in [-0.05, 0) is 37.3 Å². The van der Waals surface area contributed by atoms with Crippen LogP contribution >= 0.6 is 11.3 Å². The van der Waals surface area contributed by atoms with E-state index in [1.165, 1.54) is 0 Å². The molecule has 0 fully saturated rings. The molecule has 0 radical (unpaired) electrons. The first-order valence-electron chi connectivity index (χ1n) is 8.12. The van der Waals surface area contributed by atoms with E-state index in [-0.39, 0.29) is 23.0 Å². The lowest BCUT2D eigenvalue weighted by Gasteiger charge is -2.10. The maximum Gasteiger partial charge on any atom is 0.264 e. The van der Waals surface area contributed by atoms with Crippen LogP contribution in [-0.2, 0) is 4.79 Å². The summed E-state index contributed by atoms with van der Waals surface area (Å²) in [5.41, 5.74) is 0.281. The molecule has 0 bridgehead atoms. The Morgan fingerprint density at radius 2 is 1.89 bits per heavy atom. The average Bonchev–Trinajstić information content (AvgIpc) is 3.11. The Labute approximate surface area is 158 Å². The van der Waals surface area contributed by atoms with E-state index in [0.29, 0.717) is 18.1 Å². The highest BCUT2D eigenvalue weighted by molar-refractivity contribution is 7.14. The van der Waals surface area contributed by atoms with Crippen molar-refractivity contribution in [3.63, 3.8) is 0 Å². The van der Waals surface area contributed by atoms with E-state index in [1.54, 1.807) is 29.6 Å². The predicted molar refractivity (Wildman–Crippen MR) is 99.2 cm³/mol. The Morgan fingerprint density at radius 3 is 2.63 bits per heavy atom. The SMILES string of the molecule is CCOc1ccccc1OCC(=O)Nc1nc(-c2cc(F)ccc2F)cs1. The Balaban J connectivity index is 1.62. The lowest BCUT2D eigenvalue weighted by Crippen LogP contribution is -2.20. The van der Waals surface area contributed by atoms with Crippen LogP contribution in [0.2, 0.25) is 0 Å². The van der Waals surface area contributed by atoms with Crippen molar-refractivity contribution in [1.29, 1.82) is 0 Å². The highest BCUT2D eigenvalue weighted by atomic mass is 32.1. The summed E-state index contributed by atoms with van der Waals surface area (Å²) in [4.78, 5) is 16.2. The fourth-order valence-electron chi connectivity index (χ4n) is 2.29. The van der Waals surface area contributed by atoms with Crippen LogP contribution in [0.5, 0.6) is 11.5 Å². The molecular weight excluding hydrogens is 374 g/mol. The third-order valence-corrected chi connectivity index (χ3v) is 4.22. The Bertz CT molecular complexity index is 946. The third-order valence-electron chi connectivity index (χ3n) is 3.46. The number of thiazole rings is 1. The van der Waals surface area contributed by atoms with Gasteiger partial charge < -0.3 is 9.47 Å². The first-order chi connectivity index (χ1) is 13.1. The predicted octanol–water partition coefficient (Wildman–Crippen LogP) is 4.50. The lowest BCUT2D eigenvalue weighted by atomic mass is 10.1. The van der Waals surface area contributed by atoms with Gasteiger partial charge in [0, 0.05) is 10.9 Å². The summed E-state index contributed by atoms with van der Waals surface area (Å²) in [5.74, 6) is -0.578. The summed E-state index contributed by atoms with van der Waals surface area (Å²) in [6, 6.07) is 10.2. The number of anilines is 1. The van der Waals surface area contributed by atoms with Gasteiger partial charge in [-0.25, -0.2) is 13.8 Å². The fourth-order valence-corrected chi connectivity index (χ4v) is 3.02. The summed E-state index contributed by atoms with van der Waals surface area (Å²) in [6.07, 6.45) is 0. The van der Waals surface area contributed by atoms with Crippen molar-refractivity contribution in [3.05, 3.63) is 59.5 Å². The monoisotopic (exact) mass is 390 g/mol. The first-order valence-corrected chi connectivity index (χ1v) is 9.00. The summed E-state index contributed by atoms with van der Waals surface area (Å²) in [5, 5.41) is 4.38. The molecule has 1 heterocycles. The molecule has 0 saturated heterocycles. The van der Waals surface area contributed by atoms with Crippen molar-refractivity contribution in [2.45, 2.75) is 6.92 Å². The number of rotatable bonds is 7. The van der Waals surface area contributed by atoms with Gasteiger partial charge >= 0.3 is 0 Å². The first kappa shape index (κ1) is 18.8. The van der Waals surface area contributed by atoms with Crippen LogP contribution in [0.3, 0.4) is 0 Å². The molecule has 0 aliphatic rings. The van der Waals surface area contributed by atoms with Gasteiger partial charge in [0.1, 0.15) is 11.6 Å². The van der Waals surface area contributed by atoms with Gasteiger partial charge in [-0.3, -0.25) is 10.1 Å². The zero-order valence-electron chi connectivity index (χ0n) is 14.4. The molecule has 0 atom stereocenters. The van der Waals surface area contributed by atoms with Crippen LogP contribution in [0.25, 0.3) is 11.3 Å². The Kier molecular flexibility index (Phi) is 5.97. The van der Waals surface area contributed by atoms with Crippen molar-refractivity contribution in [1.82, 2.24) is 4.98 Å². The molecule has 3 aromatic rings. The molecule has 3 rings (SSSR count). The van der Waals surface area contributed by atoms with Gasteiger partial charge in [0.25, 0.3) is 5.91 Å². The largest absolute Gasteiger partial charge is 0.490 e. The second-order valence-corrected chi connectivity index (χ2v) is 6.24. The molecule has 2 aromatic carbocycles. The molecule has 5 nitrogen and oxygen atoms in total. The van der Waals surface area contributed by atoms with Crippen LogP contribution < -0.4 is 14.8 Å². The van der Waals surface area contributed by atoms with Gasteiger partial charge in [0.15, 0.2) is 23.2 Å². The van der Waals surface area contributed by atoms with Gasteiger partial charge in [-0.1, -0.05) is 12.1 Å². The van der Waals surface area contributed by atoms with E-state index in [9.17, 15) is 13.6 Å². The highest BCUT2D eigenvalue weighted by Crippen LogP contribution is 2.28. The number of ether oxygens (including phenoxy) is 2. The number of carbonyl (C=O) groups excluding carboxylic acids is 1. The van der Waals surface area contributed by atoms with E-state index >= 15 is 0 Å². The maximum atomic E-state index is 13.8. The molecular formula is C19H16F2N2O3S. The van der Waals surface area contributed by atoms with Crippen LogP contribution in [0, 0.1) is 11.6 Å². The quantitative estimate of drug-likeness (QED) is 0.645. The molecule has 27 heavy (non-hydrogen) atoms. The molecule has 8 heteroatoms. The lowest BCUT2D eigenvalue weighted by molar-refractivity contribution is -0.118. The minimum absolute atomic E-state index is 0.0358. The highest BCUT2D eigenvalue weighted by Gasteiger charge is 2.13. The van der Waals surface area contributed by atoms with Crippen LogP contribution in [0.1, 0.15) is 6.92 Å². The Hall–Kier alpha value is -3.00. The van der Waals surface area contributed by atoms with E-state index in [2.05, 4.69) is 10.3 Å². The number of nitrogens with zero attached hydrogens (tertiary/aromatic N) is 1. The standard InChI is InChI=1S/C19H16F2N2O3S/c1-2-25-16-5-3-4-6-17(16)26-10-18(24)23-19-22-15(11-27-19)13-9-12(20)7-8-14(13)21/h3-9,11H,2,10H2,1H3,(H,22,23,24). The topological polar surface area (TPSA) is 60.5 Å². The van der Waals surface area contributed by atoms with E-state index in [1.807, 2.05) is 6.92 Å². The molecule has 1 N–H and O–H groups in total. The minimum atomic E-state index is -0.588. The number of hydrogen-bond acceptors (Lipinski definition) is 5. The van der Waals surface area contributed by atoms with E-state index in [4.69, 9.17) is 9.47 Å². The molecule has 0 spiro atoms. The van der Waals surface area contributed by atoms with Crippen LogP contribution in [-0.4, -0.2) is 24.1 Å². The zero-order chi connectivity index (χ0) is 19.2. The van der Waals surface area contributed by atoms with Crippen molar-refractivity contribution in [2.24, 2.45) is 0 Å². The number of para-hydroxylation sites is 2. The number of benzene rings is 2. The summed E-state index contributed by atoms with van der Waals surface area (Å²) in [7, 11) is 0. The second-order valence-electron chi connectivity index (χ2n) is 5.38. The van der Waals surface area contributed by atoms with Crippen molar-refractivity contribution < 1.29 is 23.0 Å². The van der Waals surface area contributed by atoms with E-state index < -0.39 is 17.5 Å². The normalized spacial score (nSPS) is 10.5. The molecule has 0 aliphatic carbocycles. The fraction of sp³-hybridized carbons (Fsp3) is 0.158. The molecule has 1 aromatic heterocycles. The average molecular weight is 390 g/mol. The molecule has 0 aliphatic heterocycles. The number of halogens is 2. The maximum absolute atomic E-state index is 13.8. The molecule has 0 unspecified atom stereocenters. The third kappa shape index (κ3) is 4.79. The molecule has 0 saturated carbocycles. The number of carbonyl (C=O) groups is 1. The number of hydrogen-bond donors (Lipinski definition) is 1. The summed E-state index contributed by atoms with van der Waals surface area (Å²) >= 11 is 1.11. The minimum Gasteiger partial charge on any atom is -0.490 e. The van der Waals surface area contributed by atoms with Gasteiger partial charge in [-0.2, -0.15) is 0 Å². The number of aromatic nitrogens is 1. The van der Waals surface area contributed by atoms with E-state index in [0.717, 1.165) is 29.5 Å². The zero-order valence-corrected chi connectivity index (χ0v) is 15.2. The Morgan fingerprint density at radius 1 is 1.15 bits per heavy atom. The van der Waals surface area contributed by atoms with Crippen LogP contribution in [0.4, 0.5) is 13.9 Å². The van der Waals surface area contributed by atoms with Crippen molar-refractivity contribution >= 4 is 22.4 Å². The number of amides is 1.